The molecule has 2 N–H and O–H groups in total. The van der Waals surface area contributed by atoms with E-state index < -0.39 is 0 Å². The molecule has 1 fully saturated rings. The van der Waals surface area contributed by atoms with Crippen LogP contribution in [0.2, 0.25) is 5.02 Å². The lowest BCUT2D eigenvalue weighted by atomic mass is 10.2. The van der Waals surface area contributed by atoms with Crippen molar-refractivity contribution in [3.05, 3.63) is 59.4 Å². The maximum absolute atomic E-state index is 12.4. The number of aromatic nitrogens is 3. The van der Waals surface area contributed by atoms with Gasteiger partial charge in [-0.15, -0.1) is 10.2 Å². The Morgan fingerprint density at radius 2 is 1.87 bits per heavy atom. The number of halogens is 1. The molecule has 9 heteroatoms. The van der Waals surface area contributed by atoms with E-state index in [1.54, 1.807) is 24.3 Å². The molecule has 1 aromatic heterocycles. The van der Waals surface area contributed by atoms with E-state index in [9.17, 15) is 9.59 Å². The van der Waals surface area contributed by atoms with E-state index >= 15 is 0 Å². The number of hydrogen-bond donors (Lipinski definition) is 2. The van der Waals surface area contributed by atoms with Crippen LogP contribution < -0.4 is 10.6 Å². The summed E-state index contributed by atoms with van der Waals surface area (Å²) in [5.74, 6) is 1.18. The van der Waals surface area contributed by atoms with Gasteiger partial charge in [0, 0.05) is 29.2 Å². The molecule has 154 valence electrons. The molecule has 0 spiro atoms. The molecule has 0 atom stereocenters. The molecule has 2 amide bonds. The minimum atomic E-state index is -0.142. The Morgan fingerprint density at radius 3 is 2.57 bits per heavy atom. The number of nitrogens with one attached hydrogen (secondary N) is 2. The average Bonchev–Trinajstić information content (AvgIpc) is 3.47. The smallest absolute Gasteiger partial charge is 0.234 e. The van der Waals surface area contributed by atoms with Gasteiger partial charge in [-0.05, 0) is 55.3 Å². The van der Waals surface area contributed by atoms with Crippen molar-refractivity contribution in [2.24, 2.45) is 0 Å². The summed E-state index contributed by atoms with van der Waals surface area (Å²) in [6.45, 7) is 1.47. The lowest BCUT2D eigenvalue weighted by molar-refractivity contribution is -0.114. The van der Waals surface area contributed by atoms with Crippen LogP contribution in [0.4, 0.5) is 11.4 Å². The zero-order chi connectivity index (χ0) is 21.1. The Hall–Kier alpha value is -2.84. The van der Waals surface area contributed by atoms with Crippen LogP contribution in [0.15, 0.2) is 53.7 Å². The molecule has 0 unspecified atom stereocenters. The highest BCUT2D eigenvalue weighted by Gasteiger charge is 2.31. The summed E-state index contributed by atoms with van der Waals surface area (Å²) in [4.78, 5) is 23.8. The van der Waals surface area contributed by atoms with E-state index in [1.165, 1.54) is 18.7 Å². The summed E-state index contributed by atoms with van der Waals surface area (Å²) in [7, 11) is 0. The molecule has 7 nitrogen and oxygen atoms in total. The van der Waals surface area contributed by atoms with Gasteiger partial charge in [0.1, 0.15) is 5.82 Å². The normalized spacial score (nSPS) is 13.1. The molecule has 0 bridgehead atoms. The summed E-state index contributed by atoms with van der Waals surface area (Å²) in [6.07, 6.45) is 2.15. The van der Waals surface area contributed by atoms with Gasteiger partial charge >= 0.3 is 0 Å². The molecule has 1 heterocycles. The van der Waals surface area contributed by atoms with Crippen molar-refractivity contribution in [3.63, 3.8) is 0 Å². The van der Waals surface area contributed by atoms with Crippen molar-refractivity contribution in [3.8, 4) is 5.69 Å². The van der Waals surface area contributed by atoms with Crippen molar-refractivity contribution >= 4 is 46.6 Å². The molecule has 3 aromatic rings. The average molecular weight is 442 g/mol. The van der Waals surface area contributed by atoms with Crippen LogP contribution in [0, 0.1) is 0 Å². The molecule has 1 aliphatic rings. The first-order chi connectivity index (χ1) is 14.5. The van der Waals surface area contributed by atoms with Crippen molar-refractivity contribution in [2.75, 3.05) is 16.4 Å². The van der Waals surface area contributed by atoms with Crippen molar-refractivity contribution in [2.45, 2.75) is 30.8 Å². The second kappa shape index (κ2) is 8.89. The fourth-order valence-corrected chi connectivity index (χ4v) is 3.89. The highest BCUT2D eigenvalue weighted by molar-refractivity contribution is 7.99. The number of thioether (sulfide) groups is 1. The summed E-state index contributed by atoms with van der Waals surface area (Å²) in [5, 5.41) is 15.6. The van der Waals surface area contributed by atoms with Crippen molar-refractivity contribution in [1.29, 1.82) is 0 Å². The van der Waals surface area contributed by atoms with E-state index in [0.29, 0.717) is 27.5 Å². The molecule has 1 saturated carbocycles. The zero-order valence-corrected chi connectivity index (χ0v) is 17.8. The van der Waals surface area contributed by atoms with Gasteiger partial charge in [-0.25, -0.2) is 0 Å². The number of nitrogens with zero attached hydrogens (tertiary/aromatic N) is 3. The highest BCUT2D eigenvalue weighted by atomic mass is 35.5. The molecule has 1 aliphatic carbocycles. The van der Waals surface area contributed by atoms with Gasteiger partial charge in [0.15, 0.2) is 5.16 Å². The second-order valence-corrected chi connectivity index (χ2v) is 8.40. The predicted molar refractivity (Wildman–Crippen MR) is 118 cm³/mol. The molecular formula is C21H20ClN5O2S. The minimum absolute atomic E-state index is 0.133. The Labute approximate surface area is 183 Å². The Bertz CT molecular complexity index is 1080. The fraction of sp³-hybridized carbons (Fsp3) is 0.238. The number of anilines is 2. The molecule has 0 aliphatic heterocycles. The van der Waals surface area contributed by atoms with Crippen LogP contribution in [0.25, 0.3) is 5.69 Å². The van der Waals surface area contributed by atoms with Gasteiger partial charge in [-0.3, -0.25) is 14.2 Å². The number of rotatable bonds is 7. The van der Waals surface area contributed by atoms with Crippen LogP contribution in [-0.2, 0) is 9.59 Å². The highest BCUT2D eigenvalue weighted by Crippen LogP contribution is 2.41. The number of hydrogen-bond acceptors (Lipinski definition) is 5. The predicted octanol–water partition coefficient (Wildman–Crippen LogP) is 4.49. The van der Waals surface area contributed by atoms with Crippen molar-refractivity contribution in [1.82, 2.24) is 14.8 Å². The van der Waals surface area contributed by atoms with Gasteiger partial charge in [-0.2, -0.15) is 0 Å². The van der Waals surface area contributed by atoms with Crippen LogP contribution >= 0.6 is 23.4 Å². The van der Waals surface area contributed by atoms with Gasteiger partial charge in [-0.1, -0.05) is 29.4 Å². The molecule has 0 saturated heterocycles. The topological polar surface area (TPSA) is 88.9 Å². The largest absolute Gasteiger partial charge is 0.326 e. The Morgan fingerprint density at radius 1 is 1.10 bits per heavy atom. The summed E-state index contributed by atoms with van der Waals surface area (Å²) in [6, 6.07) is 14.5. The Balaban J connectivity index is 1.52. The van der Waals surface area contributed by atoms with E-state index in [1.807, 2.05) is 28.8 Å². The molecule has 2 aromatic carbocycles. The lowest BCUT2D eigenvalue weighted by Gasteiger charge is -2.12. The first kappa shape index (κ1) is 20.4. The van der Waals surface area contributed by atoms with Gasteiger partial charge in [0.25, 0.3) is 0 Å². The second-order valence-electron chi connectivity index (χ2n) is 7.03. The summed E-state index contributed by atoms with van der Waals surface area (Å²) < 4.78 is 1.98. The maximum atomic E-state index is 12.4. The van der Waals surface area contributed by atoms with Gasteiger partial charge < -0.3 is 10.6 Å². The number of carbonyl (C=O) groups is 2. The van der Waals surface area contributed by atoms with Gasteiger partial charge in [0.05, 0.1) is 11.4 Å². The fourth-order valence-electron chi connectivity index (χ4n) is 3.01. The Kier molecular flexibility index (Phi) is 6.06. The SMILES string of the molecule is CC(=O)Nc1cccc(-n2c(SCC(=O)Nc3ccc(Cl)cc3)nnc2C2CC2)c1. The minimum Gasteiger partial charge on any atom is -0.326 e. The number of benzene rings is 2. The van der Waals surface area contributed by atoms with E-state index in [4.69, 9.17) is 11.6 Å². The summed E-state index contributed by atoms with van der Waals surface area (Å²) >= 11 is 7.20. The molecule has 4 rings (SSSR count). The number of carbonyl (C=O) groups excluding carboxylic acids is 2. The first-order valence-corrected chi connectivity index (χ1v) is 10.9. The zero-order valence-electron chi connectivity index (χ0n) is 16.3. The third-order valence-corrected chi connectivity index (χ3v) is 5.67. The monoisotopic (exact) mass is 441 g/mol. The lowest BCUT2D eigenvalue weighted by Crippen LogP contribution is -2.14. The third kappa shape index (κ3) is 5.01. The molecule has 30 heavy (non-hydrogen) atoms. The van der Waals surface area contributed by atoms with Gasteiger partial charge in [0.2, 0.25) is 11.8 Å². The van der Waals surface area contributed by atoms with E-state index in [0.717, 1.165) is 24.4 Å². The first-order valence-electron chi connectivity index (χ1n) is 9.51. The van der Waals surface area contributed by atoms with E-state index in [-0.39, 0.29) is 17.6 Å². The molecular weight excluding hydrogens is 422 g/mol. The molecule has 0 radical (unpaired) electrons. The quantitative estimate of drug-likeness (QED) is 0.527. The third-order valence-electron chi connectivity index (χ3n) is 4.49. The van der Waals surface area contributed by atoms with Crippen LogP contribution in [0.3, 0.4) is 0 Å². The van der Waals surface area contributed by atoms with Crippen LogP contribution in [-0.4, -0.2) is 32.3 Å². The standard InChI is InChI=1S/C21H20ClN5O2S/c1-13(28)23-17-3-2-4-18(11-17)27-20(14-5-6-14)25-26-21(27)30-12-19(29)24-16-9-7-15(22)8-10-16/h2-4,7-11,14H,5-6,12H2,1H3,(H,23,28)(H,24,29). The maximum Gasteiger partial charge on any atom is 0.234 e. The number of amides is 2. The van der Waals surface area contributed by atoms with Crippen LogP contribution in [0.5, 0.6) is 0 Å². The van der Waals surface area contributed by atoms with Crippen molar-refractivity contribution < 1.29 is 9.59 Å². The van der Waals surface area contributed by atoms with Crippen LogP contribution in [0.1, 0.15) is 31.5 Å². The summed E-state index contributed by atoms with van der Waals surface area (Å²) in [5.41, 5.74) is 2.24. The van der Waals surface area contributed by atoms with E-state index in [2.05, 4.69) is 20.8 Å².